The molecule has 0 spiro atoms. The van der Waals surface area contributed by atoms with E-state index in [-0.39, 0.29) is 0 Å². The largest absolute Gasteiger partial charge is 0.477 e. The number of pyridine rings is 1. The van der Waals surface area contributed by atoms with Gasteiger partial charge in [-0.3, -0.25) is 4.40 Å². The van der Waals surface area contributed by atoms with Crippen LogP contribution in [0.2, 0.25) is 0 Å². The Labute approximate surface area is 86.2 Å². The lowest BCUT2D eigenvalue weighted by Crippen LogP contribution is -2.04. The maximum atomic E-state index is 11.2. The highest BCUT2D eigenvalue weighted by molar-refractivity contribution is 5.88. The molecule has 4 nitrogen and oxygen atoms in total. The SMILES string of the molecule is O=C(O)c1c(C2CC2)nc2ccccn12. The lowest BCUT2D eigenvalue weighted by Gasteiger charge is -1.97. The highest BCUT2D eigenvalue weighted by atomic mass is 16.4. The first kappa shape index (κ1) is 8.47. The van der Waals surface area contributed by atoms with Crippen LogP contribution >= 0.6 is 0 Å². The summed E-state index contributed by atoms with van der Waals surface area (Å²) in [6, 6.07) is 5.51. The number of hydrogen-bond donors (Lipinski definition) is 1. The fourth-order valence-corrected chi connectivity index (χ4v) is 1.87. The van der Waals surface area contributed by atoms with Gasteiger partial charge in [-0.15, -0.1) is 0 Å². The zero-order chi connectivity index (χ0) is 10.4. The van der Waals surface area contributed by atoms with Crippen LogP contribution in [0.1, 0.15) is 34.9 Å². The Morgan fingerprint density at radius 1 is 1.47 bits per heavy atom. The summed E-state index contributed by atoms with van der Waals surface area (Å²) in [7, 11) is 0. The number of carboxylic acids is 1. The Hall–Kier alpha value is -1.84. The Morgan fingerprint density at radius 2 is 2.27 bits per heavy atom. The molecule has 4 heteroatoms. The molecule has 0 saturated heterocycles. The molecule has 2 aromatic rings. The molecule has 0 unspecified atom stereocenters. The monoisotopic (exact) mass is 202 g/mol. The van der Waals surface area contributed by atoms with E-state index < -0.39 is 5.97 Å². The summed E-state index contributed by atoms with van der Waals surface area (Å²) < 4.78 is 1.65. The van der Waals surface area contributed by atoms with Gasteiger partial charge in [0.15, 0.2) is 5.69 Å². The highest BCUT2D eigenvalue weighted by Crippen LogP contribution is 2.41. The zero-order valence-electron chi connectivity index (χ0n) is 8.05. The van der Waals surface area contributed by atoms with E-state index in [4.69, 9.17) is 5.11 Å². The van der Waals surface area contributed by atoms with Gasteiger partial charge >= 0.3 is 5.97 Å². The number of carboxylic acid groups (broad SMARTS) is 1. The zero-order valence-corrected chi connectivity index (χ0v) is 8.05. The van der Waals surface area contributed by atoms with E-state index in [0.29, 0.717) is 11.6 Å². The minimum Gasteiger partial charge on any atom is -0.477 e. The second kappa shape index (κ2) is 2.82. The molecular formula is C11H10N2O2. The second-order valence-electron chi connectivity index (χ2n) is 3.85. The molecule has 2 heterocycles. The van der Waals surface area contributed by atoms with Gasteiger partial charge in [-0.1, -0.05) is 6.07 Å². The molecule has 0 aromatic carbocycles. The molecule has 0 bridgehead atoms. The van der Waals surface area contributed by atoms with E-state index in [0.717, 1.165) is 24.2 Å². The number of aromatic carboxylic acids is 1. The van der Waals surface area contributed by atoms with Crippen LogP contribution in [0.5, 0.6) is 0 Å². The van der Waals surface area contributed by atoms with Crippen LogP contribution in [-0.4, -0.2) is 20.5 Å². The summed E-state index contributed by atoms with van der Waals surface area (Å²) in [6.45, 7) is 0. The van der Waals surface area contributed by atoms with Crippen LogP contribution in [0.15, 0.2) is 24.4 Å². The van der Waals surface area contributed by atoms with Gasteiger partial charge in [0, 0.05) is 12.1 Å². The molecule has 1 aliphatic rings. The Balaban J connectivity index is 2.33. The minimum absolute atomic E-state index is 0.327. The van der Waals surface area contributed by atoms with E-state index in [2.05, 4.69) is 4.98 Å². The summed E-state index contributed by atoms with van der Waals surface area (Å²) in [5, 5.41) is 9.17. The van der Waals surface area contributed by atoms with Crippen LogP contribution in [0.25, 0.3) is 5.65 Å². The van der Waals surface area contributed by atoms with Gasteiger partial charge in [-0.05, 0) is 25.0 Å². The summed E-state index contributed by atoms with van der Waals surface area (Å²) in [5.74, 6) is -0.536. The minimum atomic E-state index is -0.893. The van der Waals surface area contributed by atoms with E-state index in [9.17, 15) is 4.79 Å². The molecule has 76 valence electrons. The fraction of sp³-hybridized carbons (Fsp3) is 0.273. The lowest BCUT2D eigenvalue weighted by atomic mass is 10.2. The highest BCUT2D eigenvalue weighted by Gasteiger charge is 2.32. The number of hydrogen-bond acceptors (Lipinski definition) is 2. The van der Waals surface area contributed by atoms with Crippen molar-refractivity contribution in [3.05, 3.63) is 35.8 Å². The number of aromatic nitrogens is 2. The van der Waals surface area contributed by atoms with Crippen molar-refractivity contribution in [3.63, 3.8) is 0 Å². The van der Waals surface area contributed by atoms with Crippen molar-refractivity contribution in [1.29, 1.82) is 0 Å². The number of nitrogens with zero attached hydrogens (tertiary/aromatic N) is 2. The summed E-state index contributed by atoms with van der Waals surface area (Å²) in [6.07, 6.45) is 3.87. The van der Waals surface area contributed by atoms with Gasteiger partial charge in [-0.2, -0.15) is 0 Å². The van der Waals surface area contributed by atoms with Gasteiger partial charge in [-0.25, -0.2) is 9.78 Å². The number of carbonyl (C=O) groups is 1. The van der Waals surface area contributed by atoms with Crippen molar-refractivity contribution in [2.24, 2.45) is 0 Å². The fourth-order valence-electron chi connectivity index (χ4n) is 1.87. The smallest absolute Gasteiger partial charge is 0.354 e. The number of rotatable bonds is 2. The molecule has 1 aliphatic carbocycles. The van der Waals surface area contributed by atoms with Crippen molar-refractivity contribution >= 4 is 11.6 Å². The molecule has 1 saturated carbocycles. The summed E-state index contributed by atoms with van der Waals surface area (Å²) >= 11 is 0. The standard InChI is InChI=1S/C11H10N2O2/c14-11(15)10-9(7-4-5-7)12-8-3-1-2-6-13(8)10/h1-3,6-7H,4-5H2,(H,14,15). The Bertz CT molecular complexity index is 541. The van der Waals surface area contributed by atoms with E-state index >= 15 is 0 Å². The third kappa shape index (κ3) is 1.21. The first-order valence-corrected chi connectivity index (χ1v) is 4.97. The van der Waals surface area contributed by atoms with Gasteiger partial charge in [0.1, 0.15) is 5.65 Å². The first-order chi connectivity index (χ1) is 7.27. The van der Waals surface area contributed by atoms with Gasteiger partial charge in [0.2, 0.25) is 0 Å². The number of imidazole rings is 1. The Kier molecular flexibility index (Phi) is 1.59. The number of fused-ring (bicyclic) bond motifs is 1. The third-order valence-electron chi connectivity index (χ3n) is 2.72. The van der Waals surface area contributed by atoms with Crippen molar-refractivity contribution in [3.8, 4) is 0 Å². The molecule has 3 rings (SSSR count). The molecule has 0 atom stereocenters. The normalized spacial score (nSPS) is 15.7. The summed E-state index contributed by atoms with van der Waals surface area (Å²) in [5.41, 5.74) is 1.79. The topological polar surface area (TPSA) is 54.6 Å². The van der Waals surface area contributed by atoms with E-state index in [1.165, 1.54) is 0 Å². The van der Waals surface area contributed by atoms with E-state index in [1.54, 1.807) is 10.6 Å². The summed E-state index contributed by atoms with van der Waals surface area (Å²) in [4.78, 5) is 15.5. The predicted octanol–water partition coefficient (Wildman–Crippen LogP) is 1.91. The van der Waals surface area contributed by atoms with Crippen molar-refractivity contribution in [1.82, 2.24) is 9.38 Å². The molecular weight excluding hydrogens is 192 g/mol. The lowest BCUT2D eigenvalue weighted by molar-refractivity contribution is 0.0688. The van der Waals surface area contributed by atoms with Crippen LogP contribution < -0.4 is 0 Å². The van der Waals surface area contributed by atoms with Gasteiger partial charge in [0.05, 0.1) is 5.69 Å². The third-order valence-corrected chi connectivity index (χ3v) is 2.72. The first-order valence-electron chi connectivity index (χ1n) is 4.97. The average Bonchev–Trinajstić information content (AvgIpc) is 2.98. The quantitative estimate of drug-likeness (QED) is 0.809. The molecule has 0 amide bonds. The molecule has 1 fully saturated rings. The van der Waals surface area contributed by atoms with Gasteiger partial charge < -0.3 is 5.11 Å². The Morgan fingerprint density at radius 3 is 2.93 bits per heavy atom. The maximum absolute atomic E-state index is 11.2. The van der Waals surface area contributed by atoms with Crippen LogP contribution in [0.4, 0.5) is 0 Å². The van der Waals surface area contributed by atoms with Crippen molar-refractivity contribution in [2.45, 2.75) is 18.8 Å². The molecule has 2 aromatic heterocycles. The van der Waals surface area contributed by atoms with Gasteiger partial charge in [0.25, 0.3) is 0 Å². The molecule has 1 N–H and O–H groups in total. The predicted molar refractivity (Wildman–Crippen MR) is 54.1 cm³/mol. The molecule has 0 radical (unpaired) electrons. The van der Waals surface area contributed by atoms with Crippen molar-refractivity contribution < 1.29 is 9.90 Å². The molecule has 15 heavy (non-hydrogen) atoms. The van der Waals surface area contributed by atoms with Crippen molar-refractivity contribution in [2.75, 3.05) is 0 Å². The van der Waals surface area contributed by atoms with Crippen LogP contribution in [0.3, 0.4) is 0 Å². The maximum Gasteiger partial charge on any atom is 0.354 e. The molecule has 0 aliphatic heterocycles. The van der Waals surface area contributed by atoms with E-state index in [1.807, 2.05) is 18.2 Å². The average molecular weight is 202 g/mol. The second-order valence-corrected chi connectivity index (χ2v) is 3.85. The van der Waals surface area contributed by atoms with Crippen LogP contribution in [-0.2, 0) is 0 Å². The van der Waals surface area contributed by atoms with Crippen LogP contribution in [0, 0.1) is 0 Å².